The number of rotatable bonds is 3. The van der Waals surface area contributed by atoms with Gasteiger partial charge in [0.1, 0.15) is 6.54 Å². The Balaban J connectivity index is 1.40. The lowest BCUT2D eigenvalue weighted by atomic mass is 9.91. The van der Waals surface area contributed by atoms with Crippen LogP contribution >= 0.6 is 0 Å². The van der Waals surface area contributed by atoms with E-state index < -0.39 is 17.6 Å². The third-order valence-electron chi connectivity index (χ3n) is 7.19. The minimum atomic E-state index is -4.56. The van der Waals surface area contributed by atoms with Gasteiger partial charge in [-0.05, 0) is 62.1 Å². The van der Waals surface area contributed by atoms with Crippen LogP contribution in [0.2, 0.25) is 0 Å². The first-order valence-corrected chi connectivity index (χ1v) is 11.5. The summed E-state index contributed by atoms with van der Waals surface area (Å²) >= 11 is 0. The molecule has 1 N–H and O–H groups in total. The van der Waals surface area contributed by atoms with Gasteiger partial charge in [-0.25, -0.2) is 4.98 Å². The molecule has 0 bridgehead atoms. The molecule has 3 fully saturated rings. The summed E-state index contributed by atoms with van der Waals surface area (Å²) in [6.07, 6.45) is -0.403. The lowest BCUT2D eigenvalue weighted by molar-refractivity contribution is -0.139. The number of carbonyl (C=O) groups is 2. The Bertz CT molecular complexity index is 1100. The Kier molecular flexibility index (Phi) is 5.38. The topological polar surface area (TPSA) is 78.7 Å². The van der Waals surface area contributed by atoms with Crippen LogP contribution in [0.4, 0.5) is 13.2 Å². The molecule has 2 amide bonds. The number of aliphatic hydroxyl groups is 1. The van der Waals surface area contributed by atoms with Crippen LogP contribution in [0.25, 0.3) is 11.0 Å². The van der Waals surface area contributed by atoms with Gasteiger partial charge in [-0.3, -0.25) is 9.59 Å². The molecule has 33 heavy (non-hydrogen) atoms. The number of halogens is 3. The number of hydrogen-bond acceptors (Lipinski definition) is 4. The summed E-state index contributed by atoms with van der Waals surface area (Å²) in [4.78, 5) is 33.4. The van der Waals surface area contributed by atoms with Crippen molar-refractivity contribution in [3.05, 3.63) is 29.1 Å². The maximum absolute atomic E-state index is 13.8. The molecule has 2 aliphatic carbocycles. The molecule has 7 nitrogen and oxygen atoms in total. The van der Waals surface area contributed by atoms with E-state index in [0.29, 0.717) is 31.5 Å². The molecular weight excluding hydrogens is 437 g/mol. The number of amides is 2. The van der Waals surface area contributed by atoms with Crippen molar-refractivity contribution in [1.82, 2.24) is 19.4 Å². The summed E-state index contributed by atoms with van der Waals surface area (Å²) in [5.41, 5.74) is -0.131. The van der Waals surface area contributed by atoms with E-state index in [2.05, 4.69) is 4.98 Å². The summed E-state index contributed by atoms with van der Waals surface area (Å²) in [6, 6.07) is 2.89. The molecule has 178 valence electrons. The summed E-state index contributed by atoms with van der Waals surface area (Å²) < 4.78 is 42.7. The zero-order valence-corrected chi connectivity index (χ0v) is 18.4. The van der Waals surface area contributed by atoms with Crippen LogP contribution in [-0.2, 0) is 18.0 Å². The van der Waals surface area contributed by atoms with Crippen LogP contribution < -0.4 is 0 Å². The fourth-order valence-electron chi connectivity index (χ4n) is 5.19. The predicted octanol–water partition coefficient (Wildman–Crippen LogP) is 3.06. The molecule has 0 unspecified atom stereocenters. The van der Waals surface area contributed by atoms with Crippen LogP contribution in [0.1, 0.15) is 66.2 Å². The van der Waals surface area contributed by atoms with Gasteiger partial charge < -0.3 is 19.5 Å². The van der Waals surface area contributed by atoms with Crippen LogP contribution in [0.5, 0.6) is 0 Å². The lowest BCUT2D eigenvalue weighted by Gasteiger charge is -2.41. The molecule has 1 aliphatic heterocycles. The van der Waals surface area contributed by atoms with E-state index in [9.17, 15) is 27.9 Å². The Morgan fingerprint density at radius 3 is 2.39 bits per heavy atom. The Morgan fingerprint density at radius 1 is 1.09 bits per heavy atom. The van der Waals surface area contributed by atoms with E-state index in [1.54, 1.807) is 11.0 Å². The molecule has 10 heteroatoms. The van der Waals surface area contributed by atoms with Crippen molar-refractivity contribution in [2.75, 3.05) is 19.6 Å². The average molecular weight is 464 g/mol. The van der Waals surface area contributed by atoms with Crippen molar-refractivity contribution in [2.24, 2.45) is 7.05 Å². The summed E-state index contributed by atoms with van der Waals surface area (Å²) in [5, 5.41) is 9.70. The SMILES string of the molecule is Cn1c(C(=O)N2CCN([C@H]3CC[C@H](O)CC3)C(=O)C2)nc2cc(C3CC3)cc(C(F)(F)F)c21. The molecule has 5 rings (SSSR count). The first-order valence-electron chi connectivity index (χ1n) is 11.5. The number of carbonyl (C=O) groups excluding carboxylic acids is 2. The number of aliphatic hydroxyl groups excluding tert-OH is 1. The molecule has 0 radical (unpaired) electrons. The summed E-state index contributed by atoms with van der Waals surface area (Å²) in [6.45, 7) is 0.543. The quantitative estimate of drug-likeness (QED) is 0.758. The number of hydrogen-bond donors (Lipinski definition) is 1. The minimum Gasteiger partial charge on any atom is -0.393 e. The second-order valence-corrected chi connectivity index (χ2v) is 9.48. The fraction of sp³-hybridized carbons (Fsp3) is 0.609. The standard InChI is InChI=1S/C23H27F3N4O3/c1-28-20-17(23(24,25)26)10-14(13-2-3-13)11-18(20)27-21(28)22(33)29-8-9-30(19(32)12-29)15-4-6-16(31)7-5-15/h10-11,13,15-16,31H,2-9,12H2,1H3/t15-,16-. The maximum atomic E-state index is 13.8. The van der Waals surface area contributed by atoms with Crippen molar-refractivity contribution >= 4 is 22.8 Å². The van der Waals surface area contributed by atoms with Crippen molar-refractivity contribution < 1.29 is 27.9 Å². The largest absolute Gasteiger partial charge is 0.418 e. The molecule has 2 aromatic rings. The zero-order valence-electron chi connectivity index (χ0n) is 18.4. The summed E-state index contributed by atoms with van der Waals surface area (Å²) in [7, 11) is 1.42. The van der Waals surface area contributed by atoms with Crippen molar-refractivity contribution in [3.8, 4) is 0 Å². The van der Waals surface area contributed by atoms with Gasteiger partial charge in [0.25, 0.3) is 5.91 Å². The molecule has 2 saturated carbocycles. The van der Waals surface area contributed by atoms with E-state index in [4.69, 9.17) is 0 Å². The van der Waals surface area contributed by atoms with Gasteiger partial charge in [0.05, 0.1) is 22.7 Å². The Morgan fingerprint density at radius 2 is 1.79 bits per heavy atom. The monoisotopic (exact) mass is 464 g/mol. The van der Waals surface area contributed by atoms with E-state index in [-0.39, 0.29) is 47.4 Å². The number of piperazine rings is 1. The van der Waals surface area contributed by atoms with E-state index >= 15 is 0 Å². The molecule has 1 aromatic heterocycles. The van der Waals surface area contributed by atoms with Gasteiger partial charge in [-0.15, -0.1) is 0 Å². The third kappa shape index (κ3) is 4.09. The highest BCUT2D eigenvalue weighted by molar-refractivity contribution is 5.98. The van der Waals surface area contributed by atoms with Gasteiger partial charge in [0.2, 0.25) is 5.91 Å². The van der Waals surface area contributed by atoms with Gasteiger partial charge in [0.15, 0.2) is 5.82 Å². The highest BCUT2D eigenvalue weighted by Gasteiger charge is 2.39. The maximum Gasteiger partial charge on any atom is 0.418 e. The van der Waals surface area contributed by atoms with Gasteiger partial charge in [-0.2, -0.15) is 13.2 Å². The normalized spacial score (nSPS) is 24.6. The summed E-state index contributed by atoms with van der Waals surface area (Å²) in [5.74, 6) is -0.697. The Hall–Kier alpha value is -2.62. The number of aryl methyl sites for hydroxylation is 1. The van der Waals surface area contributed by atoms with Gasteiger partial charge in [-0.1, -0.05) is 0 Å². The smallest absolute Gasteiger partial charge is 0.393 e. The minimum absolute atomic E-state index is 0.0593. The van der Waals surface area contributed by atoms with E-state index in [1.165, 1.54) is 22.6 Å². The molecule has 0 spiro atoms. The third-order valence-corrected chi connectivity index (χ3v) is 7.19. The highest BCUT2D eigenvalue weighted by Crippen LogP contribution is 2.44. The highest BCUT2D eigenvalue weighted by atomic mass is 19.4. The predicted molar refractivity (Wildman–Crippen MR) is 114 cm³/mol. The van der Waals surface area contributed by atoms with Crippen molar-refractivity contribution in [1.29, 1.82) is 0 Å². The fourth-order valence-corrected chi connectivity index (χ4v) is 5.19. The number of benzene rings is 1. The first-order chi connectivity index (χ1) is 15.6. The van der Waals surface area contributed by atoms with Crippen molar-refractivity contribution in [2.45, 2.75) is 62.8 Å². The number of imidazole rings is 1. The number of alkyl halides is 3. The number of fused-ring (bicyclic) bond motifs is 1. The van der Waals surface area contributed by atoms with E-state index in [1.807, 2.05) is 0 Å². The molecule has 3 aliphatic rings. The van der Waals surface area contributed by atoms with Gasteiger partial charge >= 0.3 is 6.18 Å². The van der Waals surface area contributed by atoms with Crippen LogP contribution in [-0.4, -0.2) is 68.1 Å². The van der Waals surface area contributed by atoms with Crippen LogP contribution in [0.15, 0.2) is 12.1 Å². The average Bonchev–Trinajstić information content (AvgIpc) is 3.57. The lowest BCUT2D eigenvalue weighted by Crippen LogP contribution is -2.56. The second-order valence-electron chi connectivity index (χ2n) is 9.48. The number of nitrogens with zero attached hydrogens (tertiary/aromatic N) is 4. The number of aromatic nitrogens is 2. The van der Waals surface area contributed by atoms with E-state index in [0.717, 1.165) is 25.7 Å². The van der Waals surface area contributed by atoms with Gasteiger partial charge in [0, 0.05) is 26.2 Å². The Labute approximate surface area is 189 Å². The zero-order chi connectivity index (χ0) is 23.5. The van der Waals surface area contributed by atoms with Crippen LogP contribution in [0, 0.1) is 0 Å². The van der Waals surface area contributed by atoms with Crippen LogP contribution in [0.3, 0.4) is 0 Å². The molecular formula is C23H27F3N4O3. The molecule has 0 atom stereocenters. The first kappa shape index (κ1) is 22.2. The molecule has 1 aromatic carbocycles. The molecule has 1 saturated heterocycles. The molecule has 2 heterocycles. The van der Waals surface area contributed by atoms with Crippen molar-refractivity contribution in [3.63, 3.8) is 0 Å². The second kappa shape index (κ2) is 8.00.